The first kappa shape index (κ1) is 19.1. The molecule has 0 saturated carbocycles. The molecule has 1 aromatic carbocycles. The molecule has 0 saturated heterocycles. The van der Waals surface area contributed by atoms with Gasteiger partial charge >= 0.3 is 0 Å². The van der Waals surface area contributed by atoms with Crippen molar-refractivity contribution >= 4 is 35.5 Å². The maximum absolute atomic E-state index is 12.0. The van der Waals surface area contributed by atoms with Crippen LogP contribution in [-0.4, -0.2) is 37.6 Å². The van der Waals surface area contributed by atoms with Crippen molar-refractivity contribution in [3.8, 4) is 11.4 Å². The lowest BCUT2D eigenvalue weighted by atomic mass is 10.2. The van der Waals surface area contributed by atoms with Crippen LogP contribution in [-0.2, 0) is 11.8 Å². The van der Waals surface area contributed by atoms with E-state index in [1.54, 1.807) is 6.07 Å². The Morgan fingerprint density at radius 1 is 1.30 bits per heavy atom. The van der Waals surface area contributed by atoms with Gasteiger partial charge in [0.05, 0.1) is 17.7 Å². The number of aromatic nitrogens is 4. The van der Waals surface area contributed by atoms with E-state index < -0.39 is 0 Å². The molecule has 0 fully saturated rings. The van der Waals surface area contributed by atoms with Gasteiger partial charge in [0.25, 0.3) is 5.91 Å². The zero-order valence-electron chi connectivity index (χ0n) is 14.8. The van der Waals surface area contributed by atoms with Crippen LogP contribution in [0.5, 0.6) is 0 Å². The van der Waals surface area contributed by atoms with Crippen molar-refractivity contribution in [1.82, 2.24) is 25.2 Å². The number of carbonyl (C=O) groups excluding carboxylic acids is 1. The number of nitrogens with zero attached hydrogens (tertiary/aromatic N) is 5. The summed E-state index contributed by atoms with van der Waals surface area (Å²) < 4.78 is 1.82. The van der Waals surface area contributed by atoms with Crippen molar-refractivity contribution in [2.45, 2.75) is 12.1 Å². The standard InChI is InChI=1S/C18H17ClN6OS/c1-12-5-3-8-15(21-12)10-20-22-16(26)11-27-18-24-23-17(25(18)2)13-6-4-7-14(19)9-13/h3-10H,11H2,1-2H3,(H,22,26)/b20-10-. The second-order valence-corrected chi connectivity index (χ2v) is 7.04. The number of halogens is 1. The van der Waals surface area contributed by atoms with Crippen LogP contribution in [0.3, 0.4) is 0 Å². The van der Waals surface area contributed by atoms with Crippen LogP contribution in [0.1, 0.15) is 11.4 Å². The Kier molecular flexibility index (Phi) is 6.20. The maximum Gasteiger partial charge on any atom is 0.250 e. The van der Waals surface area contributed by atoms with Crippen LogP contribution in [0.4, 0.5) is 0 Å². The van der Waals surface area contributed by atoms with E-state index in [1.807, 2.05) is 54.9 Å². The van der Waals surface area contributed by atoms with E-state index in [2.05, 4.69) is 25.7 Å². The number of hydrogen-bond donors (Lipinski definition) is 1. The molecule has 1 amide bonds. The van der Waals surface area contributed by atoms with E-state index in [0.29, 0.717) is 21.7 Å². The third-order valence-corrected chi connectivity index (χ3v) is 4.80. The molecule has 0 aliphatic rings. The van der Waals surface area contributed by atoms with Crippen LogP contribution in [0.15, 0.2) is 52.7 Å². The summed E-state index contributed by atoms with van der Waals surface area (Å²) in [6, 6.07) is 13.0. The first-order chi connectivity index (χ1) is 13.0. The predicted molar refractivity (Wildman–Crippen MR) is 107 cm³/mol. The molecule has 0 atom stereocenters. The lowest BCUT2D eigenvalue weighted by Crippen LogP contribution is -2.20. The van der Waals surface area contributed by atoms with E-state index in [-0.39, 0.29) is 11.7 Å². The second-order valence-electron chi connectivity index (χ2n) is 5.66. The van der Waals surface area contributed by atoms with Crippen molar-refractivity contribution in [1.29, 1.82) is 0 Å². The first-order valence-corrected chi connectivity index (χ1v) is 9.43. The van der Waals surface area contributed by atoms with Crippen LogP contribution in [0.2, 0.25) is 5.02 Å². The quantitative estimate of drug-likeness (QED) is 0.390. The van der Waals surface area contributed by atoms with Crippen molar-refractivity contribution < 1.29 is 4.79 Å². The fraction of sp³-hybridized carbons (Fsp3) is 0.167. The van der Waals surface area contributed by atoms with Crippen molar-refractivity contribution in [3.05, 3.63) is 58.9 Å². The molecule has 0 aliphatic heterocycles. The molecule has 138 valence electrons. The number of thioether (sulfide) groups is 1. The highest BCUT2D eigenvalue weighted by Crippen LogP contribution is 2.24. The number of rotatable bonds is 6. The average Bonchev–Trinajstić information content (AvgIpc) is 3.01. The molecule has 2 aromatic heterocycles. The van der Waals surface area contributed by atoms with Crippen LogP contribution >= 0.6 is 23.4 Å². The lowest BCUT2D eigenvalue weighted by Gasteiger charge is -2.04. The Morgan fingerprint density at radius 3 is 2.89 bits per heavy atom. The minimum atomic E-state index is -0.240. The van der Waals surface area contributed by atoms with Gasteiger partial charge in [0.15, 0.2) is 11.0 Å². The maximum atomic E-state index is 12.0. The molecular formula is C18H17ClN6OS. The summed E-state index contributed by atoms with van der Waals surface area (Å²) in [6.45, 7) is 1.89. The molecule has 9 heteroatoms. The molecule has 27 heavy (non-hydrogen) atoms. The van der Waals surface area contributed by atoms with Crippen LogP contribution in [0.25, 0.3) is 11.4 Å². The van der Waals surface area contributed by atoms with E-state index in [1.165, 1.54) is 18.0 Å². The SMILES string of the molecule is Cc1cccc(/C=N\NC(=O)CSc2nnc(-c3cccc(Cl)c3)n2C)n1. The predicted octanol–water partition coefficient (Wildman–Crippen LogP) is 3.08. The van der Waals surface area contributed by atoms with E-state index in [0.717, 1.165) is 11.3 Å². The molecular weight excluding hydrogens is 384 g/mol. The molecule has 0 bridgehead atoms. The van der Waals surface area contributed by atoms with Gasteiger partial charge in [-0.15, -0.1) is 10.2 Å². The number of nitrogens with one attached hydrogen (secondary N) is 1. The third-order valence-electron chi connectivity index (χ3n) is 3.55. The van der Waals surface area contributed by atoms with Gasteiger partial charge in [-0.1, -0.05) is 41.6 Å². The van der Waals surface area contributed by atoms with Crippen LogP contribution in [0, 0.1) is 6.92 Å². The second kappa shape index (κ2) is 8.79. The van der Waals surface area contributed by atoms with Gasteiger partial charge in [-0.05, 0) is 31.2 Å². The molecule has 7 nitrogen and oxygen atoms in total. The molecule has 3 aromatic rings. The average molecular weight is 401 g/mol. The smallest absolute Gasteiger partial charge is 0.250 e. The number of hydrogen-bond acceptors (Lipinski definition) is 6. The monoisotopic (exact) mass is 400 g/mol. The van der Waals surface area contributed by atoms with Crippen molar-refractivity contribution in [2.24, 2.45) is 12.1 Å². The summed E-state index contributed by atoms with van der Waals surface area (Å²) in [5, 5.41) is 13.5. The van der Waals surface area contributed by atoms with Crippen molar-refractivity contribution in [2.75, 3.05) is 5.75 Å². The summed E-state index contributed by atoms with van der Waals surface area (Å²) in [4.78, 5) is 16.2. The Bertz CT molecular complexity index is 987. The van der Waals surface area contributed by atoms with Crippen molar-refractivity contribution in [3.63, 3.8) is 0 Å². The van der Waals surface area contributed by atoms with Gasteiger partial charge in [-0.3, -0.25) is 9.78 Å². The normalized spacial score (nSPS) is 11.1. The van der Waals surface area contributed by atoms with E-state index >= 15 is 0 Å². The van der Waals surface area contributed by atoms with Gasteiger partial charge in [0.2, 0.25) is 0 Å². The first-order valence-electron chi connectivity index (χ1n) is 8.06. The van der Waals surface area contributed by atoms with Gasteiger partial charge in [-0.2, -0.15) is 5.10 Å². The molecule has 2 heterocycles. The lowest BCUT2D eigenvalue weighted by molar-refractivity contribution is -0.118. The highest BCUT2D eigenvalue weighted by atomic mass is 35.5. The Balaban J connectivity index is 1.56. The number of aryl methyl sites for hydroxylation is 1. The topological polar surface area (TPSA) is 85.1 Å². The number of benzene rings is 1. The van der Waals surface area contributed by atoms with E-state index in [4.69, 9.17) is 11.6 Å². The third kappa shape index (κ3) is 5.15. The zero-order chi connectivity index (χ0) is 19.2. The molecule has 1 N–H and O–H groups in total. The summed E-state index contributed by atoms with van der Waals surface area (Å²) in [5.74, 6) is 0.611. The minimum Gasteiger partial charge on any atom is -0.305 e. The highest BCUT2D eigenvalue weighted by Gasteiger charge is 2.13. The minimum absolute atomic E-state index is 0.167. The molecule has 0 spiro atoms. The number of pyridine rings is 1. The Hall–Kier alpha value is -2.71. The number of carbonyl (C=O) groups is 1. The Morgan fingerprint density at radius 2 is 2.11 bits per heavy atom. The number of hydrazone groups is 1. The van der Waals surface area contributed by atoms with E-state index in [9.17, 15) is 4.79 Å². The molecule has 0 aliphatic carbocycles. The largest absolute Gasteiger partial charge is 0.305 e. The molecule has 0 radical (unpaired) electrons. The number of amides is 1. The van der Waals surface area contributed by atoms with Gasteiger partial charge in [0, 0.05) is 23.3 Å². The zero-order valence-corrected chi connectivity index (χ0v) is 16.3. The van der Waals surface area contributed by atoms with Gasteiger partial charge < -0.3 is 4.57 Å². The van der Waals surface area contributed by atoms with Crippen LogP contribution < -0.4 is 5.43 Å². The fourth-order valence-corrected chi connectivity index (χ4v) is 3.18. The summed E-state index contributed by atoms with van der Waals surface area (Å²) in [5.41, 5.74) is 4.92. The summed E-state index contributed by atoms with van der Waals surface area (Å²) >= 11 is 7.30. The van der Waals surface area contributed by atoms with Gasteiger partial charge in [0.1, 0.15) is 0 Å². The molecule has 0 unspecified atom stereocenters. The summed E-state index contributed by atoms with van der Waals surface area (Å²) in [6.07, 6.45) is 1.51. The fourth-order valence-electron chi connectivity index (χ4n) is 2.29. The summed E-state index contributed by atoms with van der Waals surface area (Å²) in [7, 11) is 1.85. The highest BCUT2D eigenvalue weighted by molar-refractivity contribution is 7.99. The Labute approximate surface area is 165 Å². The van der Waals surface area contributed by atoms with Gasteiger partial charge in [-0.25, -0.2) is 5.43 Å². The molecule has 3 rings (SSSR count).